The molecule has 0 unspecified atom stereocenters. The molecule has 232 valence electrons. The number of aliphatic hydroxyl groups is 1. The topological polar surface area (TPSA) is 156 Å². The number of esters is 1. The number of urea groups is 1. The molecule has 0 spiro atoms. The fourth-order valence-corrected chi connectivity index (χ4v) is 4.23. The molecule has 3 aromatic rings. The van der Waals surface area contributed by atoms with Crippen molar-refractivity contribution in [2.75, 3.05) is 32.2 Å². The number of halogens is 3. The fourth-order valence-electron chi connectivity index (χ4n) is 4.04. The summed E-state index contributed by atoms with van der Waals surface area (Å²) in [6.07, 6.45) is 2.82. The molecule has 1 heterocycles. The lowest BCUT2D eigenvalue weighted by Crippen LogP contribution is -2.46. The zero-order valence-corrected chi connectivity index (χ0v) is 24.3. The monoisotopic (exact) mass is 621 g/mol. The molecule has 11 nitrogen and oxygen atoms in total. The van der Waals surface area contributed by atoms with Gasteiger partial charge in [0.1, 0.15) is 30.1 Å². The molecule has 0 bridgehead atoms. The number of amides is 3. The van der Waals surface area contributed by atoms with Crippen LogP contribution in [-0.4, -0.2) is 72.0 Å². The highest BCUT2D eigenvalue weighted by molar-refractivity contribution is 6.31. The maximum atomic E-state index is 13.8. The number of anilines is 1. The summed E-state index contributed by atoms with van der Waals surface area (Å²) in [7, 11) is 1.53. The molecule has 0 radical (unpaired) electrons. The highest BCUT2D eigenvalue weighted by atomic mass is 35.5. The van der Waals surface area contributed by atoms with Crippen LogP contribution in [-0.2, 0) is 20.8 Å². The van der Waals surface area contributed by atoms with Crippen LogP contribution < -0.4 is 16.4 Å². The van der Waals surface area contributed by atoms with Crippen molar-refractivity contribution in [3.63, 3.8) is 0 Å². The highest BCUT2D eigenvalue weighted by Crippen LogP contribution is 2.20. The molecule has 0 saturated carbocycles. The SMILES string of the molecule is CN(C(=O)NCc1cccc(F)c1Cl)[C@@H](CCCCCOC(=O)[C@H](N)CO)COC(=O)Nc1cc2cc(F)ccc2cn1. The number of nitrogens with two attached hydrogens (primary N) is 1. The van der Waals surface area contributed by atoms with E-state index in [1.54, 1.807) is 12.1 Å². The van der Waals surface area contributed by atoms with Crippen LogP contribution in [0, 0.1) is 11.6 Å². The number of hydrogen-bond acceptors (Lipinski definition) is 8. The molecule has 3 amide bonds. The quantitative estimate of drug-likeness (QED) is 0.153. The van der Waals surface area contributed by atoms with E-state index in [0.717, 1.165) is 0 Å². The number of rotatable bonds is 14. The molecular formula is C29H34ClF2N5O6. The Balaban J connectivity index is 1.57. The fraction of sp³-hybridized carbons (Fsp3) is 0.379. The third kappa shape index (κ3) is 10.3. The van der Waals surface area contributed by atoms with Gasteiger partial charge in [-0.1, -0.05) is 30.2 Å². The number of hydrogen-bond donors (Lipinski definition) is 4. The van der Waals surface area contributed by atoms with Gasteiger partial charge >= 0.3 is 18.1 Å². The van der Waals surface area contributed by atoms with Crippen molar-refractivity contribution in [1.82, 2.24) is 15.2 Å². The normalized spacial score (nSPS) is 12.3. The van der Waals surface area contributed by atoms with Crippen molar-refractivity contribution < 1.29 is 37.7 Å². The first kappa shape index (κ1) is 33.4. The molecule has 3 rings (SSSR count). The molecule has 0 fully saturated rings. The van der Waals surface area contributed by atoms with Crippen LogP contribution in [0.25, 0.3) is 10.8 Å². The maximum Gasteiger partial charge on any atom is 0.412 e. The Morgan fingerprint density at radius 1 is 1.09 bits per heavy atom. The van der Waals surface area contributed by atoms with Crippen molar-refractivity contribution in [1.29, 1.82) is 0 Å². The molecule has 0 aliphatic heterocycles. The summed E-state index contributed by atoms with van der Waals surface area (Å²) in [5.74, 6) is -1.56. The number of unbranched alkanes of at least 4 members (excludes halogenated alkanes) is 2. The number of fused-ring (bicyclic) bond motifs is 1. The Morgan fingerprint density at radius 2 is 1.88 bits per heavy atom. The Labute approximate surface area is 252 Å². The first-order chi connectivity index (χ1) is 20.6. The Morgan fingerprint density at radius 3 is 2.65 bits per heavy atom. The van der Waals surface area contributed by atoms with E-state index in [2.05, 4.69) is 15.6 Å². The van der Waals surface area contributed by atoms with Gasteiger partial charge in [0.25, 0.3) is 0 Å². The van der Waals surface area contributed by atoms with Gasteiger partial charge in [-0.2, -0.15) is 0 Å². The summed E-state index contributed by atoms with van der Waals surface area (Å²) in [6.45, 7) is -0.588. The molecular weight excluding hydrogens is 588 g/mol. The lowest BCUT2D eigenvalue weighted by atomic mass is 10.1. The molecule has 5 N–H and O–H groups in total. The van der Waals surface area contributed by atoms with Crippen molar-refractivity contribution in [2.24, 2.45) is 5.73 Å². The summed E-state index contributed by atoms with van der Waals surface area (Å²) in [5, 5.41) is 15.2. The van der Waals surface area contributed by atoms with Gasteiger partial charge in [-0.25, -0.2) is 23.4 Å². The van der Waals surface area contributed by atoms with Crippen LogP contribution in [0.1, 0.15) is 31.2 Å². The van der Waals surface area contributed by atoms with Crippen molar-refractivity contribution in [3.8, 4) is 0 Å². The molecule has 0 saturated heterocycles. The summed E-state index contributed by atoms with van der Waals surface area (Å²) in [4.78, 5) is 42.6. The van der Waals surface area contributed by atoms with E-state index in [4.69, 9.17) is 31.9 Å². The van der Waals surface area contributed by atoms with Gasteiger partial charge in [-0.15, -0.1) is 0 Å². The largest absolute Gasteiger partial charge is 0.464 e. The van der Waals surface area contributed by atoms with Gasteiger partial charge in [-0.05, 0) is 60.5 Å². The Hall–Kier alpha value is -4.07. The second-order valence-electron chi connectivity index (χ2n) is 9.73. The Bertz CT molecular complexity index is 1420. The highest BCUT2D eigenvalue weighted by Gasteiger charge is 2.22. The number of benzene rings is 2. The lowest BCUT2D eigenvalue weighted by molar-refractivity contribution is -0.146. The van der Waals surface area contributed by atoms with Crippen LogP contribution in [0.4, 0.5) is 24.2 Å². The first-order valence-electron chi connectivity index (χ1n) is 13.5. The van der Waals surface area contributed by atoms with E-state index < -0.39 is 48.4 Å². The zero-order chi connectivity index (χ0) is 31.4. The number of aliphatic hydroxyl groups excluding tert-OH is 1. The van der Waals surface area contributed by atoms with Crippen LogP contribution in [0.3, 0.4) is 0 Å². The van der Waals surface area contributed by atoms with Crippen LogP contribution in [0.5, 0.6) is 0 Å². The standard InChI is InChI=1S/C29H34ClF2N5O6/c1-37(28(40)35-15-19-6-5-8-23(32)26(19)30)22(7-3-2-4-11-42-27(39)24(33)16-38)17-43-29(41)36-25-13-20-12-21(31)10-9-18(20)14-34-25/h5-6,8-10,12-14,22,24,38H,2-4,7,11,15-17,33H2,1H3,(H,35,40)(H,34,36,41)/t22-,24+/m0/s1. The van der Waals surface area contributed by atoms with Crippen molar-refractivity contribution in [3.05, 3.63) is 70.9 Å². The number of likely N-dealkylation sites (N-methyl/N-ethyl adjacent to an activating group) is 1. The van der Waals surface area contributed by atoms with E-state index >= 15 is 0 Å². The average molecular weight is 622 g/mol. The molecule has 2 atom stereocenters. The summed E-state index contributed by atoms with van der Waals surface area (Å²) < 4.78 is 37.8. The van der Waals surface area contributed by atoms with Crippen molar-refractivity contribution in [2.45, 2.75) is 44.3 Å². The van der Waals surface area contributed by atoms with Gasteiger partial charge < -0.3 is 30.5 Å². The van der Waals surface area contributed by atoms with E-state index in [0.29, 0.717) is 42.0 Å². The van der Waals surface area contributed by atoms with Crippen LogP contribution in [0.15, 0.2) is 48.7 Å². The smallest absolute Gasteiger partial charge is 0.412 e. The molecule has 2 aromatic carbocycles. The number of ether oxygens (including phenoxy) is 2. The van der Waals surface area contributed by atoms with Crippen LogP contribution in [0.2, 0.25) is 5.02 Å². The summed E-state index contributed by atoms with van der Waals surface area (Å²) >= 11 is 5.99. The minimum Gasteiger partial charge on any atom is -0.464 e. The second-order valence-corrected chi connectivity index (χ2v) is 10.1. The second kappa shape index (κ2) is 16.5. The number of nitrogens with zero attached hydrogens (tertiary/aromatic N) is 2. The van der Waals surface area contributed by atoms with Gasteiger partial charge in [0.2, 0.25) is 0 Å². The maximum absolute atomic E-state index is 13.8. The lowest BCUT2D eigenvalue weighted by Gasteiger charge is -2.28. The Kier molecular flexibility index (Phi) is 12.9. The van der Waals surface area contributed by atoms with Gasteiger partial charge in [0.05, 0.1) is 24.3 Å². The molecule has 1 aromatic heterocycles. The van der Waals surface area contributed by atoms with E-state index in [1.807, 2.05) is 0 Å². The zero-order valence-electron chi connectivity index (χ0n) is 23.5. The van der Waals surface area contributed by atoms with Crippen LogP contribution >= 0.6 is 11.6 Å². The number of carbonyl (C=O) groups is 3. The number of pyridine rings is 1. The molecule has 0 aliphatic rings. The third-order valence-electron chi connectivity index (χ3n) is 6.58. The minimum atomic E-state index is -1.09. The summed E-state index contributed by atoms with van der Waals surface area (Å²) in [5.41, 5.74) is 5.81. The first-order valence-corrected chi connectivity index (χ1v) is 13.9. The van der Waals surface area contributed by atoms with Crippen molar-refractivity contribution >= 4 is 46.3 Å². The molecule has 14 heteroatoms. The molecule has 43 heavy (non-hydrogen) atoms. The van der Waals surface area contributed by atoms with Gasteiger partial charge in [-0.3, -0.25) is 10.1 Å². The summed E-state index contributed by atoms with van der Waals surface area (Å²) in [6, 6.07) is 7.84. The minimum absolute atomic E-state index is 0.0244. The molecule has 0 aliphatic carbocycles. The van der Waals surface area contributed by atoms with E-state index in [1.165, 1.54) is 48.5 Å². The van der Waals surface area contributed by atoms with Gasteiger partial charge in [0, 0.05) is 25.2 Å². The van der Waals surface area contributed by atoms with E-state index in [-0.39, 0.29) is 30.6 Å². The number of carbonyl (C=O) groups excluding carboxylic acids is 3. The number of nitrogens with one attached hydrogen (secondary N) is 2. The average Bonchev–Trinajstić information content (AvgIpc) is 2.99. The third-order valence-corrected chi connectivity index (χ3v) is 7.00. The van der Waals surface area contributed by atoms with E-state index in [9.17, 15) is 23.2 Å². The van der Waals surface area contributed by atoms with Gasteiger partial charge in [0.15, 0.2) is 0 Å². The number of aromatic nitrogens is 1. The predicted molar refractivity (Wildman–Crippen MR) is 156 cm³/mol. The predicted octanol–water partition coefficient (Wildman–Crippen LogP) is 4.35.